The van der Waals surface area contributed by atoms with Crippen molar-refractivity contribution in [2.24, 2.45) is 5.92 Å². The number of hydrogen-bond donors (Lipinski definition) is 2. The van der Waals surface area contributed by atoms with Crippen molar-refractivity contribution >= 4 is 0 Å². The quantitative estimate of drug-likeness (QED) is 0.574. The average Bonchev–Trinajstić information content (AvgIpc) is 2.96. The van der Waals surface area contributed by atoms with E-state index in [1.54, 1.807) is 0 Å². The first-order chi connectivity index (χ1) is 10.0. The summed E-state index contributed by atoms with van der Waals surface area (Å²) in [6.07, 6.45) is 9.16. The molecule has 1 unspecified atom stereocenters. The van der Waals surface area contributed by atoms with E-state index in [-0.39, 0.29) is 12.1 Å². The molecular weight excluding hydrogens is 260 g/mol. The maximum Gasteiger partial charge on any atom is 0.0610 e. The fourth-order valence-electron chi connectivity index (χ4n) is 3.64. The third-order valence-electron chi connectivity index (χ3n) is 4.82. The Labute approximate surface area is 132 Å². The van der Waals surface area contributed by atoms with Gasteiger partial charge in [-0.3, -0.25) is 0 Å². The first-order valence-corrected chi connectivity index (χ1v) is 9.10. The summed E-state index contributed by atoms with van der Waals surface area (Å²) >= 11 is 0. The first kappa shape index (κ1) is 18.9. The average molecular weight is 299 g/mol. The van der Waals surface area contributed by atoms with Crippen LogP contribution in [-0.4, -0.2) is 47.8 Å². The van der Waals surface area contributed by atoms with Gasteiger partial charge in [0, 0.05) is 18.1 Å². The van der Waals surface area contributed by atoms with E-state index in [2.05, 4.69) is 37.9 Å². The van der Waals surface area contributed by atoms with E-state index in [9.17, 15) is 5.11 Å². The minimum atomic E-state index is -0.0923. The van der Waals surface area contributed by atoms with E-state index in [4.69, 9.17) is 0 Å². The SMILES string of the molecule is CCNC(C)(CO)CCCCN(CC(C)C)C1CCCC1. The molecule has 1 aliphatic carbocycles. The maximum atomic E-state index is 9.54. The predicted molar refractivity (Wildman–Crippen MR) is 91.7 cm³/mol. The van der Waals surface area contributed by atoms with E-state index < -0.39 is 0 Å². The second-order valence-corrected chi connectivity index (χ2v) is 7.53. The second kappa shape index (κ2) is 9.81. The van der Waals surface area contributed by atoms with Crippen molar-refractivity contribution in [1.82, 2.24) is 10.2 Å². The van der Waals surface area contributed by atoms with Gasteiger partial charge >= 0.3 is 0 Å². The molecule has 0 aromatic carbocycles. The van der Waals surface area contributed by atoms with Crippen LogP contribution in [0.25, 0.3) is 0 Å². The molecule has 3 nitrogen and oxygen atoms in total. The molecule has 0 aromatic heterocycles. The highest BCUT2D eigenvalue weighted by atomic mass is 16.3. The number of nitrogens with one attached hydrogen (secondary N) is 1. The van der Waals surface area contributed by atoms with Crippen LogP contribution in [0.15, 0.2) is 0 Å². The van der Waals surface area contributed by atoms with Crippen LogP contribution >= 0.6 is 0 Å². The number of likely N-dealkylation sites (N-methyl/N-ethyl adjacent to an activating group) is 1. The molecule has 3 heteroatoms. The Morgan fingerprint density at radius 1 is 1.24 bits per heavy atom. The first-order valence-electron chi connectivity index (χ1n) is 9.10. The van der Waals surface area contributed by atoms with Crippen LogP contribution in [0.5, 0.6) is 0 Å². The molecule has 0 heterocycles. The lowest BCUT2D eigenvalue weighted by atomic mass is 9.95. The number of nitrogens with zero attached hydrogens (tertiary/aromatic N) is 1. The molecule has 0 radical (unpaired) electrons. The van der Waals surface area contributed by atoms with Gasteiger partial charge in [-0.25, -0.2) is 0 Å². The molecule has 0 spiro atoms. The molecule has 21 heavy (non-hydrogen) atoms. The van der Waals surface area contributed by atoms with Crippen LogP contribution in [0.3, 0.4) is 0 Å². The van der Waals surface area contributed by atoms with E-state index in [1.165, 1.54) is 51.6 Å². The Bertz CT molecular complexity index is 264. The zero-order valence-corrected chi connectivity index (χ0v) is 14.8. The monoisotopic (exact) mass is 298 g/mol. The lowest BCUT2D eigenvalue weighted by Gasteiger charge is -2.32. The Morgan fingerprint density at radius 2 is 1.90 bits per heavy atom. The summed E-state index contributed by atoms with van der Waals surface area (Å²) < 4.78 is 0. The largest absolute Gasteiger partial charge is 0.394 e. The zero-order chi connectivity index (χ0) is 15.7. The Hall–Kier alpha value is -0.120. The van der Waals surface area contributed by atoms with Crippen molar-refractivity contribution in [3.05, 3.63) is 0 Å². The summed E-state index contributed by atoms with van der Waals surface area (Å²) in [6.45, 7) is 12.5. The molecule has 0 amide bonds. The minimum absolute atomic E-state index is 0.0923. The summed E-state index contributed by atoms with van der Waals surface area (Å²) in [6, 6.07) is 0.838. The lowest BCUT2D eigenvalue weighted by molar-refractivity contribution is 0.152. The van der Waals surface area contributed by atoms with Gasteiger partial charge in [0.1, 0.15) is 0 Å². The summed E-state index contributed by atoms with van der Waals surface area (Å²) in [5, 5.41) is 13.0. The van der Waals surface area contributed by atoms with Crippen LogP contribution in [0, 0.1) is 5.92 Å². The van der Waals surface area contributed by atoms with Crippen molar-refractivity contribution in [1.29, 1.82) is 0 Å². The van der Waals surface area contributed by atoms with Crippen molar-refractivity contribution in [3.63, 3.8) is 0 Å². The fraction of sp³-hybridized carbons (Fsp3) is 1.00. The normalized spacial score (nSPS) is 19.6. The van der Waals surface area contributed by atoms with Gasteiger partial charge in [-0.05, 0) is 51.6 Å². The van der Waals surface area contributed by atoms with Crippen LogP contribution in [0.2, 0.25) is 0 Å². The third-order valence-corrected chi connectivity index (χ3v) is 4.82. The van der Waals surface area contributed by atoms with Crippen molar-refractivity contribution in [3.8, 4) is 0 Å². The van der Waals surface area contributed by atoms with Gasteiger partial charge in [0.2, 0.25) is 0 Å². The molecule has 126 valence electrons. The van der Waals surface area contributed by atoms with E-state index in [1.807, 2.05) is 0 Å². The number of hydrogen-bond acceptors (Lipinski definition) is 3. The van der Waals surface area contributed by atoms with Gasteiger partial charge in [0.25, 0.3) is 0 Å². The van der Waals surface area contributed by atoms with Gasteiger partial charge < -0.3 is 15.3 Å². The van der Waals surface area contributed by atoms with Gasteiger partial charge in [0.15, 0.2) is 0 Å². The summed E-state index contributed by atoms with van der Waals surface area (Å²) in [5.41, 5.74) is -0.0923. The highest BCUT2D eigenvalue weighted by Gasteiger charge is 2.24. The molecule has 0 bridgehead atoms. The molecule has 1 rings (SSSR count). The standard InChI is InChI=1S/C18H38N2O/c1-5-19-18(4,15-21)12-8-9-13-20(14-16(2)3)17-10-6-7-11-17/h16-17,19,21H,5-15H2,1-4H3. The second-order valence-electron chi connectivity index (χ2n) is 7.53. The molecule has 1 aliphatic rings. The highest BCUT2D eigenvalue weighted by molar-refractivity contribution is 4.82. The fourth-order valence-corrected chi connectivity index (χ4v) is 3.64. The molecule has 1 fully saturated rings. The molecule has 1 saturated carbocycles. The van der Waals surface area contributed by atoms with E-state index in [0.717, 1.165) is 24.9 Å². The molecule has 0 saturated heterocycles. The topological polar surface area (TPSA) is 35.5 Å². The smallest absolute Gasteiger partial charge is 0.0610 e. The molecule has 1 atom stereocenters. The van der Waals surface area contributed by atoms with Crippen LogP contribution in [-0.2, 0) is 0 Å². The molecule has 0 aromatic rings. The van der Waals surface area contributed by atoms with Crippen LogP contribution < -0.4 is 5.32 Å². The van der Waals surface area contributed by atoms with Crippen molar-refractivity contribution < 1.29 is 5.11 Å². The van der Waals surface area contributed by atoms with E-state index >= 15 is 0 Å². The van der Waals surface area contributed by atoms with Gasteiger partial charge in [-0.1, -0.05) is 40.0 Å². The Morgan fingerprint density at radius 3 is 2.43 bits per heavy atom. The maximum absolute atomic E-state index is 9.54. The Balaban J connectivity index is 2.32. The number of aliphatic hydroxyl groups excluding tert-OH is 1. The van der Waals surface area contributed by atoms with Gasteiger partial charge in [-0.15, -0.1) is 0 Å². The summed E-state index contributed by atoms with van der Waals surface area (Å²) in [4.78, 5) is 2.74. The van der Waals surface area contributed by atoms with Crippen LogP contribution in [0.4, 0.5) is 0 Å². The number of rotatable bonds is 11. The lowest BCUT2D eigenvalue weighted by Crippen LogP contribution is -2.45. The minimum Gasteiger partial charge on any atom is -0.394 e. The zero-order valence-electron chi connectivity index (χ0n) is 14.8. The summed E-state index contributed by atoms with van der Waals surface area (Å²) in [5.74, 6) is 0.759. The summed E-state index contributed by atoms with van der Waals surface area (Å²) in [7, 11) is 0. The van der Waals surface area contributed by atoms with Gasteiger partial charge in [-0.2, -0.15) is 0 Å². The molecular formula is C18H38N2O. The Kier molecular flexibility index (Phi) is 8.84. The van der Waals surface area contributed by atoms with Gasteiger partial charge in [0.05, 0.1) is 6.61 Å². The van der Waals surface area contributed by atoms with E-state index in [0.29, 0.717) is 0 Å². The van der Waals surface area contributed by atoms with Crippen molar-refractivity contribution in [2.75, 3.05) is 26.2 Å². The van der Waals surface area contributed by atoms with Crippen LogP contribution in [0.1, 0.15) is 72.6 Å². The number of aliphatic hydroxyl groups is 1. The third kappa shape index (κ3) is 7.12. The van der Waals surface area contributed by atoms with Crippen molar-refractivity contribution in [2.45, 2.75) is 84.2 Å². The number of unbranched alkanes of at least 4 members (excludes halogenated alkanes) is 1. The molecule has 0 aliphatic heterocycles. The molecule has 2 N–H and O–H groups in total. The predicted octanol–water partition coefficient (Wildman–Crippen LogP) is 3.42. The highest BCUT2D eigenvalue weighted by Crippen LogP contribution is 2.25.